The standard InChI is InChI=1S/C20H26N4O/c1-15(2)22-10-12-23(13-11-22)20(25)19-14-18(16-8-9-16)21-24(19)17-6-4-3-5-7-17/h3-7,14-16H,8-13H2,1-2H3. The minimum atomic E-state index is 0.103. The van der Waals surface area contributed by atoms with Crippen LogP contribution in [0, 0.1) is 0 Å². The third-order valence-corrected chi connectivity index (χ3v) is 5.28. The number of nitrogens with zero attached hydrogens (tertiary/aromatic N) is 4. The molecule has 1 aliphatic carbocycles. The predicted octanol–water partition coefficient (Wildman–Crippen LogP) is 2.92. The van der Waals surface area contributed by atoms with Gasteiger partial charge in [0.2, 0.25) is 0 Å². The van der Waals surface area contributed by atoms with E-state index in [0.29, 0.717) is 17.7 Å². The van der Waals surface area contributed by atoms with Crippen molar-refractivity contribution in [1.29, 1.82) is 0 Å². The Labute approximate surface area is 149 Å². The normalized spacial score (nSPS) is 18.8. The average Bonchev–Trinajstić information content (AvgIpc) is 3.40. The van der Waals surface area contributed by atoms with Crippen LogP contribution in [0.2, 0.25) is 0 Å². The predicted molar refractivity (Wildman–Crippen MR) is 98.2 cm³/mol. The molecule has 0 unspecified atom stereocenters. The van der Waals surface area contributed by atoms with E-state index in [4.69, 9.17) is 5.10 Å². The molecule has 2 heterocycles. The van der Waals surface area contributed by atoms with Gasteiger partial charge in [-0.3, -0.25) is 9.69 Å². The third-order valence-electron chi connectivity index (χ3n) is 5.28. The van der Waals surface area contributed by atoms with Crippen molar-refractivity contribution < 1.29 is 4.79 Å². The van der Waals surface area contributed by atoms with Crippen LogP contribution in [0.3, 0.4) is 0 Å². The fourth-order valence-electron chi connectivity index (χ4n) is 3.50. The number of para-hydroxylation sites is 1. The zero-order valence-corrected chi connectivity index (χ0v) is 15.1. The van der Waals surface area contributed by atoms with Crippen molar-refractivity contribution >= 4 is 5.91 Å². The summed E-state index contributed by atoms with van der Waals surface area (Å²) in [5.41, 5.74) is 2.72. The number of hydrogen-bond acceptors (Lipinski definition) is 3. The van der Waals surface area contributed by atoms with Gasteiger partial charge in [0.15, 0.2) is 0 Å². The molecule has 5 nitrogen and oxygen atoms in total. The number of aromatic nitrogens is 2. The van der Waals surface area contributed by atoms with Crippen molar-refractivity contribution in [3.8, 4) is 5.69 Å². The van der Waals surface area contributed by atoms with Gasteiger partial charge in [-0.15, -0.1) is 0 Å². The van der Waals surface area contributed by atoms with E-state index in [1.54, 1.807) is 0 Å². The summed E-state index contributed by atoms with van der Waals surface area (Å²) in [7, 11) is 0. The van der Waals surface area contributed by atoms with Gasteiger partial charge in [-0.2, -0.15) is 5.10 Å². The highest BCUT2D eigenvalue weighted by Gasteiger charge is 2.31. The first kappa shape index (κ1) is 16.3. The summed E-state index contributed by atoms with van der Waals surface area (Å²) in [6.07, 6.45) is 2.37. The van der Waals surface area contributed by atoms with Crippen molar-refractivity contribution in [2.75, 3.05) is 26.2 Å². The Kier molecular flexibility index (Phi) is 4.34. The van der Waals surface area contributed by atoms with Gasteiger partial charge < -0.3 is 4.90 Å². The van der Waals surface area contributed by atoms with Crippen LogP contribution < -0.4 is 0 Å². The molecule has 0 atom stereocenters. The maximum absolute atomic E-state index is 13.2. The average molecular weight is 338 g/mol. The molecule has 1 aromatic heterocycles. The van der Waals surface area contributed by atoms with Crippen molar-refractivity contribution in [2.24, 2.45) is 0 Å². The van der Waals surface area contributed by atoms with Gasteiger partial charge in [0.1, 0.15) is 5.69 Å². The lowest BCUT2D eigenvalue weighted by molar-refractivity contribution is 0.0587. The Morgan fingerprint density at radius 1 is 1.08 bits per heavy atom. The largest absolute Gasteiger partial charge is 0.335 e. The van der Waals surface area contributed by atoms with Crippen LogP contribution in [-0.2, 0) is 0 Å². The topological polar surface area (TPSA) is 41.4 Å². The monoisotopic (exact) mass is 338 g/mol. The fourth-order valence-corrected chi connectivity index (χ4v) is 3.50. The van der Waals surface area contributed by atoms with E-state index in [1.165, 1.54) is 12.8 Å². The number of hydrogen-bond donors (Lipinski definition) is 0. The molecular formula is C20H26N4O. The first-order valence-corrected chi connectivity index (χ1v) is 9.32. The number of rotatable bonds is 4. The molecule has 2 fully saturated rings. The molecule has 2 aliphatic rings. The van der Waals surface area contributed by atoms with Crippen molar-refractivity contribution in [2.45, 2.75) is 38.6 Å². The van der Waals surface area contributed by atoms with E-state index >= 15 is 0 Å². The maximum atomic E-state index is 13.2. The van der Waals surface area contributed by atoms with Crippen LogP contribution in [0.15, 0.2) is 36.4 Å². The molecule has 1 aliphatic heterocycles. The quantitative estimate of drug-likeness (QED) is 0.861. The highest BCUT2D eigenvalue weighted by Crippen LogP contribution is 2.39. The van der Waals surface area contributed by atoms with Gasteiger partial charge in [-0.05, 0) is 44.9 Å². The first-order valence-electron chi connectivity index (χ1n) is 9.32. The van der Waals surface area contributed by atoms with Gasteiger partial charge in [0.05, 0.1) is 11.4 Å². The van der Waals surface area contributed by atoms with Crippen LogP contribution in [0.4, 0.5) is 0 Å². The molecule has 25 heavy (non-hydrogen) atoms. The Morgan fingerprint density at radius 2 is 1.76 bits per heavy atom. The number of carbonyl (C=O) groups is 1. The number of amides is 1. The summed E-state index contributed by atoms with van der Waals surface area (Å²) < 4.78 is 1.84. The molecule has 1 saturated carbocycles. The smallest absolute Gasteiger partial charge is 0.272 e. The zero-order valence-electron chi connectivity index (χ0n) is 15.1. The SMILES string of the molecule is CC(C)N1CCN(C(=O)c2cc(C3CC3)nn2-c2ccccc2)CC1. The zero-order chi connectivity index (χ0) is 17.4. The molecule has 1 saturated heterocycles. The molecular weight excluding hydrogens is 312 g/mol. The second-order valence-electron chi connectivity index (χ2n) is 7.40. The summed E-state index contributed by atoms with van der Waals surface area (Å²) >= 11 is 0. The third kappa shape index (κ3) is 3.33. The molecule has 1 amide bonds. The molecule has 2 aromatic rings. The number of carbonyl (C=O) groups excluding carboxylic acids is 1. The lowest BCUT2D eigenvalue weighted by Gasteiger charge is -2.36. The van der Waals surface area contributed by atoms with Crippen LogP contribution in [0.5, 0.6) is 0 Å². The summed E-state index contributed by atoms with van der Waals surface area (Å²) in [6, 6.07) is 12.5. The number of benzene rings is 1. The minimum Gasteiger partial charge on any atom is -0.335 e. The van der Waals surface area contributed by atoms with E-state index in [-0.39, 0.29) is 5.91 Å². The first-order chi connectivity index (χ1) is 12.1. The molecule has 0 N–H and O–H groups in total. The molecule has 0 spiro atoms. The molecule has 0 bridgehead atoms. The highest BCUT2D eigenvalue weighted by atomic mass is 16.2. The van der Waals surface area contributed by atoms with Crippen molar-refractivity contribution in [3.05, 3.63) is 47.8 Å². The van der Waals surface area contributed by atoms with E-state index in [1.807, 2.05) is 46.0 Å². The van der Waals surface area contributed by atoms with Gasteiger partial charge in [-0.1, -0.05) is 18.2 Å². The Bertz CT molecular complexity index is 740. The highest BCUT2D eigenvalue weighted by molar-refractivity contribution is 5.93. The van der Waals surface area contributed by atoms with Gasteiger partial charge in [0.25, 0.3) is 5.91 Å². The molecule has 0 radical (unpaired) electrons. The second kappa shape index (κ2) is 6.64. The van der Waals surface area contributed by atoms with Gasteiger partial charge in [0, 0.05) is 38.1 Å². The summed E-state index contributed by atoms with van der Waals surface area (Å²) in [4.78, 5) is 17.6. The van der Waals surface area contributed by atoms with E-state index < -0.39 is 0 Å². The van der Waals surface area contributed by atoms with E-state index in [9.17, 15) is 4.79 Å². The maximum Gasteiger partial charge on any atom is 0.272 e. The van der Waals surface area contributed by atoms with Crippen LogP contribution in [0.25, 0.3) is 5.69 Å². The van der Waals surface area contributed by atoms with Crippen LogP contribution >= 0.6 is 0 Å². The number of piperazine rings is 1. The second-order valence-corrected chi connectivity index (χ2v) is 7.40. The summed E-state index contributed by atoms with van der Waals surface area (Å²) in [5, 5.41) is 4.76. The summed E-state index contributed by atoms with van der Waals surface area (Å²) in [5.74, 6) is 0.640. The van der Waals surface area contributed by atoms with Crippen LogP contribution in [-0.4, -0.2) is 57.7 Å². The fraction of sp³-hybridized carbons (Fsp3) is 0.500. The van der Waals surface area contributed by atoms with Gasteiger partial charge >= 0.3 is 0 Å². The summed E-state index contributed by atoms with van der Waals surface area (Å²) in [6.45, 7) is 7.88. The molecule has 4 rings (SSSR count). The Balaban J connectivity index is 1.60. The van der Waals surface area contributed by atoms with Crippen molar-refractivity contribution in [3.63, 3.8) is 0 Å². The molecule has 5 heteroatoms. The Hall–Kier alpha value is -2.14. The minimum absolute atomic E-state index is 0.103. The Morgan fingerprint density at radius 3 is 2.36 bits per heavy atom. The molecule has 132 valence electrons. The van der Waals surface area contributed by atoms with Crippen molar-refractivity contribution in [1.82, 2.24) is 19.6 Å². The van der Waals surface area contributed by atoms with E-state index in [0.717, 1.165) is 37.6 Å². The molecule has 1 aromatic carbocycles. The van der Waals surface area contributed by atoms with E-state index in [2.05, 4.69) is 18.7 Å². The van der Waals surface area contributed by atoms with Gasteiger partial charge in [-0.25, -0.2) is 4.68 Å². The lowest BCUT2D eigenvalue weighted by atomic mass is 10.2. The van der Waals surface area contributed by atoms with Crippen LogP contribution in [0.1, 0.15) is 48.8 Å². The lowest BCUT2D eigenvalue weighted by Crippen LogP contribution is -2.51.